The number of benzene rings is 6. The average molecular weight is 597 g/mol. The molecule has 0 saturated carbocycles. The van der Waals surface area contributed by atoms with Gasteiger partial charge >= 0.3 is 0 Å². The van der Waals surface area contributed by atoms with Crippen LogP contribution in [0.3, 0.4) is 0 Å². The summed E-state index contributed by atoms with van der Waals surface area (Å²) in [5.41, 5.74) is 20.7. The quantitative estimate of drug-likeness (QED) is 0.190. The van der Waals surface area contributed by atoms with Crippen molar-refractivity contribution >= 4 is 0 Å². The number of fused-ring (bicyclic) bond motifs is 2. The zero-order valence-electron chi connectivity index (χ0n) is 28.5. The van der Waals surface area contributed by atoms with Crippen LogP contribution in [0.25, 0.3) is 44.5 Å². The lowest BCUT2D eigenvalue weighted by atomic mass is 9.58. The summed E-state index contributed by atoms with van der Waals surface area (Å²) in [4.78, 5) is 0. The Kier molecular flexibility index (Phi) is 7.17. The molecule has 0 spiro atoms. The van der Waals surface area contributed by atoms with Crippen LogP contribution in [0.5, 0.6) is 0 Å². The fourth-order valence-electron chi connectivity index (χ4n) is 7.76. The van der Waals surface area contributed by atoms with Crippen molar-refractivity contribution in [1.82, 2.24) is 0 Å². The van der Waals surface area contributed by atoms with Crippen LogP contribution in [0.15, 0.2) is 121 Å². The minimum atomic E-state index is -0.201. The molecule has 228 valence electrons. The Morgan fingerprint density at radius 1 is 0.304 bits per heavy atom. The first kappa shape index (κ1) is 30.0. The SMILES string of the molecule is Cc1cccc(-c2cc3c(cc2-c2cccc(C)c2)C(C)(C)c2cc(-c4cccc(C)c4)c(-c4cccc(C)c4)cc2C3(C)C)c1. The van der Waals surface area contributed by atoms with Crippen molar-refractivity contribution in [3.8, 4) is 44.5 Å². The van der Waals surface area contributed by atoms with E-state index in [0.717, 1.165) is 0 Å². The van der Waals surface area contributed by atoms with Crippen LogP contribution in [-0.4, -0.2) is 0 Å². The molecule has 0 N–H and O–H groups in total. The van der Waals surface area contributed by atoms with Gasteiger partial charge in [-0.3, -0.25) is 0 Å². The zero-order chi connectivity index (χ0) is 32.4. The van der Waals surface area contributed by atoms with Crippen LogP contribution in [0, 0.1) is 27.7 Å². The van der Waals surface area contributed by atoms with Crippen LogP contribution in [-0.2, 0) is 10.8 Å². The van der Waals surface area contributed by atoms with Crippen LogP contribution < -0.4 is 0 Å². The molecular formula is C46H44. The second-order valence-corrected chi connectivity index (χ2v) is 14.6. The second-order valence-electron chi connectivity index (χ2n) is 14.6. The minimum absolute atomic E-state index is 0.201. The summed E-state index contributed by atoms with van der Waals surface area (Å²) in [5, 5.41) is 0. The lowest BCUT2D eigenvalue weighted by molar-refractivity contribution is 0.521. The molecule has 1 aliphatic rings. The average Bonchev–Trinajstić information content (AvgIpc) is 3.03. The molecule has 0 saturated heterocycles. The molecule has 0 heterocycles. The molecule has 7 rings (SSSR count). The zero-order valence-corrected chi connectivity index (χ0v) is 28.5. The third-order valence-corrected chi connectivity index (χ3v) is 10.3. The Balaban J connectivity index is 1.54. The van der Waals surface area contributed by atoms with Gasteiger partial charge < -0.3 is 0 Å². The Morgan fingerprint density at radius 2 is 0.522 bits per heavy atom. The standard InChI is InChI=1S/C46H44/c1-29-13-9-17-33(21-29)37-25-41-42(26-38(37)34-18-10-14-30(2)22-34)46(7,8)44-28-40(36-20-12-16-32(4)24-36)39(27-43(44)45(41,5)6)35-19-11-15-31(3)23-35/h9-28H,1-8H3. The van der Waals surface area contributed by atoms with E-state index < -0.39 is 0 Å². The van der Waals surface area contributed by atoms with E-state index >= 15 is 0 Å². The Labute approximate surface area is 275 Å². The number of hydrogen-bond donors (Lipinski definition) is 0. The Hall–Kier alpha value is -4.68. The highest BCUT2D eigenvalue weighted by Crippen LogP contribution is 2.54. The normalized spacial score (nSPS) is 14.4. The van der Waals surface area contributed by atoms with Crippen molar-refractivity contribution in [2.75, 3.05) is 0 Å². The number of rotatable bonds is 4. The van der Waals surface area contributed by atoms with E-state index in [9.17, 15) is 0 Å². The first-order valence-corrected chi connectivity index (χ1v) is 16.6. The van der Waals surface area contributed by atoms with Gasteiger partial charge in [0.25, 0.3) is 0 Å². The number of hydrogen-bond acceptors (Lipinski definition) is 0. The van der Waals surface area contributed by atoms with Gasteiger partial charge in [0.05, 0.1) is 0 Å². The molecule has 0 aromatic heterocycles. The molecular weight excluding hydrogens is 553 g/mol. The highest BCUT2D eigenvalue weighted by molar-refractivity contribution is 5.89. The van der Waals surface area contributed by atoms with Gasteiger partial charge in [-0.2, -0.15) is 0 Å². The molecule has 0 atom stereocenters. The summed E-state index contributed by atoms with van der Waals surface area (Å²) in [6, 6.07) is 46.0. The predicted octanol–water partition coefficient (Wildman–Crippen LogP) is 12.6. The van der Waals surface area contributed by atoms with E-state index in [2.05, 4.69) is 177 Å². The number of aryl methyl sites for hydroxylation is 4. The summed E-state index contributed by atoms with van der Waals surface area (Å²) in [5.74, 6) is 0. The van der Waals surface area contributed by atoms with Crippen LogP contribution >= 0.6 is 0 Å². The summed E-state index contributed by atoms with van der Waals surface area (Å²) >= 11 is 0. The summed E-state index contributed by atoms with van der Waals surface area (Å²) < 4.78 is 0. The minimum Gasteiger partial charge on any atom is -0.0614 e. The van der Waals surface area contributed by atoms with E-state index in [1.54, 1.807) is 0 Å². The topological polar surface area (TPSA) is 0 Å². The van der Waals surface area contributed by atoms with Crippen molar-refractivity contribution < 1.29 is 0 Å². The van der Waals surface area contributed by atoms with Crippen molar-refractivity contribution in [2.45, 2.75) is 66.2 Å². The van der Waals surface area contributed by atoms with Crippen LogP contribution in [0.4, 0.5) is 0 Å². The first-order valence-electron chi connectivity index (χ1n) is 16.6. The largest absolute Gasteiger partial charge is 0.0614 e. The summed E-state index contributed by atoms with van der Waals surface area (Å²) in [6.45, 7) is 18.5. The van der Waals surface area contributed by atoms with Crippen LogP contribution in [0.1, 0.15) is 72.2 Å². The van der Waals surface area contributed by atoms with Gasteiger partial charge in [-0.1, -0.05) is 147 Å². The molecule has 6 aromatic carbocycles. The molecule has 6 aromatic rings. The highest BCUT2D eigenvalue weighted by Gasteiger charge is 2.43. The second kappa shape index (κ2) is 11.0. The maximum absolute atomic E-state index is 2.52. The maximum atomic E-state index is 2.52. The monoisotopic (exact) mass is 596 g/mol. The van der Waals surface area contributed by atoms with E-state index in [1.807, 2.05) is 0 Å². The van der Waals surface area contributed by atoms with E-state index in [-0.39, 0.29) is 10.8 Å². The maximum Gasteiger partial charge on any atom is 0.0153 e. The van der Waals surface area contributed by atoms with Gasteiger partial charge in [-0.05, 0) is 119 Å². The lowest BCUT2D eigenvalue weighted by Crippen LogP contribution is -2.37. The van der Waals surface area contributed by atoms with Crippen molar-refractivity contribution in [3.05, 3.63) is 166 Å². The molecule has 0 heteroatoms. The molecule has 46 heavy (non-hydrogen) atoms. The smallest absolute Gasteiger partial charge is 0.0153 e. The highest BCUT2D eigenvalue weighted by atomic mass is 14.5. The van der Waals surface area contributed by atoms with E-state index in [4.69, 9.17) is 0 Å². The molecule has 0 fully saturated rings. The molecule has 0 bridgehead atoms. The van der Waals surface area contributed by atoms with Crippen molar-refractivity contribution in [3.63, 3.8) is 0 Å². The third-order valence-electron chi connectivity index (χ3n) is 10.3. The van der Waals surface area contributed by atoms with Gasteiger partial charge in [-0.15, -0.1) is 0 Å². The van der Waals surface area contributed by atoms with Gasteiger partial charge in [0.1, 0.15) is 0 Å². The van der Waals surface area contributed by atoms with E-state index in [0.29, 0.717) is 0 Å². The molecule has 1 aliphatic carbocycles. The summed E-state index contributed by atoms with van der Waals surface area (Å²) in [7, 11) is 0. The Morgan fingerprint density at radius 3 is 0.717 bits per heavy atom. The lowest BCUT2D eigenvalue weighted by Gasteiger charge is -2.45. The van der Waals surface area contributed by atoms with Gasteiger partial charge in [0, 0.05) is 10.8 Å². The Bertz CT molecular complexity index is 1830. The molecule has 0 aliphatic heterocycles. The van der Waals surface area contributed by atoms with Gasteiger partial charge in [0.15, 0.2) is 0 Å². The first-order chi connectivity index (χ1) is 21.9. The fraction of sp³-hybridized carbons (Fsp3) is 0.217. The predicted molar refractivity (Wildman–Crippen MR) is 198 cm³/mol. The van der Waals surface area contributed by atoms with Gasteiger partial charge in [0.2, 0.25) is 0 Å². The van der Waals surface area contributed by atoms with Crippen molar-refractivity contribution in [2.24, 2.45) is 0 Å². The molecule has 0 unspecified atom stereocenters. The van der Waals surface area contributed by atoms with E-state index in [1.165, 1.54) is 89.0 Å². The van der Waals surface area contributed by atoms with Crippen LogP contribution in [0.2, 0.25) is 0 Å². The summed E-state index contributed by atoms with van der Waals surface area (Å²) in [6.07, 6.45) is 0. The molecule has 0 amide bonds. The molecule has 0 nitrogen and oxygen atoms in total. The molecule has 0 radical (unpaired) electrons. The fourth-order valence-corrected chi connectivity index (χ4v) is 7.76. The third kappa shape index (κ3) is 5.01. The van der Waals surface area contributed by atoms with Crippen molar-refractivity contribution in [1.29, 1.82) is 0 Å². The van der Waals surface area contributed by atoms with Gasteiger partial charge in [-0.25, -0.2) is 0 Å².